The summed E-state index contributed by atoms with van der Waals surface area (Å²) in [5, 5.41) is 11.2. The van der Waals surface area contributed by atoms with Gasteiger partial charge in [0.2, 0.25) is 0 Å². The average Bonchev–Trinajstić information content (AvgIpc) is 3.02. The predicted octanol–water partition coefficient (Wildman–Crippen LogP) is 1.19. The van der Waals surface area contributed by atoms with Gasteiger partial charge in [0, 0.05) is 30.7 Å². The van der Waals surface area contributed by atoms with Crippen LogP contribution in [-0.4, -0.2) is 77.1 Å². The molecule has 1 aromatic heterocycles. The van der Waals surface area contributed by atoms with Gasteiger partial charge in [-0.3, -0.25) is 14.4 Å². The molecule has 3 aromatic rings. The SMILES string of the molecule is COc1ccc(CCC[N+]2(CCCc3ccc(C(=O)NCC(=O)O)cc3)CCCC(CC(=O)c3nc(Cl)c(N)nc3N)C2)cc1.[Cl-]. The number of nitrogen functional groups attached to an aromatic ring is 2. The predicted molar refractivity (Wildman–Crippen MR) is 173 cm³/mol. The molecule has 2 unspecified atom stereocenters. The summed E-state index contributed by atoms with van der Waals surface area (Å²) in [7, 11) is 1.66. The first-order valence-electron chi connectivity index (χ1n) is 15.3. The minimum atomic E-state index is -1.09. The number of piperidine rings is 1. The number of amides is 1. The van der Waals surface area contributed by atoms with E-state index in [0.29, 0.717) is 12.0 Å². The topological polar surface area (TPSA) is 171 Å². The fourth-order valence-corrected chi connectivity index (χ4v) is 6.37. The Hall–Kier alpha value is -3.93. The van der Waals surface area contributed by atoms with Crippen molar-refractivity contribution in [2.24, 2.45) is 5.92 Å². The number of nitrogens with one attached hydrogen (secondary N) is 1. The number of likely N-dealkylation sites (tertiary alicyclic amines) is 1. The van der Waals surface area contributed by atoms with Crippen molar-refractivity contribution in [1.82, 2.24) is 15.3 Å². The van der Waals surface area contributed by atoms with Crippen molar-refractivity contribution in [3.8, 4) is 5.75 Å². The van der Waals surface area contributed by atoms with Crippen molar-refractivity contribution in [2.45, 2.75) is 44.9 Å². The summed E-state index contributed by atoms with van der Waals surface area (Å²) >= 11 is 6.04. The van der Waals surface area contributed by atoms with E-state index < -0.39 is 18.4 Å². The van der Waals surface area contributed by atoms with E-state index in [0.717, 1.165) is 80.5 Å². The molecule has 248 valence electrons. The van der Waals surface area contributed by atoms with Crippen molar-refractivity contribution in [3.05, 3.63) is 76.1 Å². The summed E-state index contributed by atoms with van der Waals surface area (Å²) in [5.41, 5.74) is 14.6. The van der Waals surface area contributed by atoms with E-state index in [9.17, 15) is 14.4 Å². The molecule has 0 aliphatic carbocycles. The second-order valence-corrected chi connectivity index (χ2v) is 12.2. The molecular weight excluding hydrogens is 631 g/mol. The molecule has 6 N–H and O–H groups in total. The van der Waals surface area contributed by atoms with Crippen molar-refractivity contribution >= 4 is 40.9 Å². The average molecular weight is 674 g/mol. The number of hydrogen-bond acceptors (Lipinski definition) is 8. The van der Waals surface area contributed by atoms with Crippen LogP contribution in [0.25, 0.3) is 0 Å². The van der Waals surface area contributed by atoms with Gasteiger partial charge in [-0.25, -0.2) is 9.97 Å². The van der Waals surface area contributed by atoms with Crippen LogP contribution in [0.15, 0.2) is 48.5 Å². The molecule has 4 rings (SSSR count). The fraction of sp³-hybridized carbons (Fsp3) is 0.424. The largest absolute Gasteiger partial charge is 1.00 e. The number of rotatable bonds is 15. The van der Waals surface area contributed by atoms with Gasteiger partial charge in [0.1, 0.15) is 18.0 Å². The van der Waals surface area contributed by atoms with Gasteiger partial charge in [-0.1, -0.05) is 35.9 Å². The molecule has 0 spiro atoms. The molecule has 0 radical (unpaired) electrons. The monoisotopic (exact) mass is 672 g/mol. The molecule has 0 saturated carbocycles. The first-order valence-corrected chi connectivity index (χ1v) is 15.6. The lowest BCUT2D eigenvalue weighted by Crippen LogP contribution is -3.00. The van der Waals surface area contributed by atoms with Crippen LogP contribution in [0.3, 0.4) is 0 Å². The van der Waals surface area contributed by atoms with Crippen LogP contribution in [0.4, 0.5) is 11.6 Å². The maximum absolute atomic E-state index is 13.3. The van der Waals surface area contributed by atoms with Gasteiger partial charge in [0.25, 0.3) is 5.91 Å². The molecular formula is C33H42Cl2N6O5. The number of nitrogens with zero attached hydrogens (tertiary/aromatic N) is 3. The molecule has 1 amide bonds. The van der Waals surface area contributed by atoms with Gasteiger partial charge in [-0.15, -0.1) is 0 Å². The number of ether oxygens (including phenoxy) is 1. The van der Waals surface area contributed by atoms with E-state index in [2.05, 4.69) is 27.4 Å². The zero-order valence-electron chi connectivity index (χ0n) is 26.0. The summed E-state index contributed by atoms with van der Waals surface area (Å²) in [6.45, 7) is 3.47. The zero-order chi connectivity index (χ0) is 32.4. The highest BCUT2D eigenvalue weighted by Gasteiger charge is 2.36. The Morgan fingerprint density at radius 2 is 1.59 bits per heavy atom. The minimum Gasteiger partial charge on any atom is -1.00 e. The first kappa shape index (κ1) is 36.5. The third-order valence-corrected chi connectivity index (χ3v) is 8.78. The molecule has 2 heterocycles. The third kappa shape index (κ3) is 10.3. The molecule has 13 heteroatoms. The van der Waals surface area contributed by atoms with Gasteiger partial charge < -0.3 is 43.5 Å². The van der Waals surface area contributed by atoms with Crippen molar-refractivity contribution < 1.29 is 41.1 Å². The van der Waals surface area contributed by atoms with E-state index >= 15 is 0 Å². The van der Waals surface area contributed by atoms with Crippen molar-refractivity contribution in [2.75, 3.05) is 51.3 Å². The Morgan fingerprint density at radius 3 is 2.17 bits per heavy atom. The van der Waals surface area contributed by atoms with Crippen LogP contribution in [0.2, 0.25) is 5.15 Å². The number of quaternary nitrogens is 1. The van der Waals surface area contributed by atoms with Gasteiger partial charge >= 0.3 is 5.97 Å². The fourth-order valence-electron chi connectivity index (χ4n) is 6.25. The molecule has 2 aromatic carbocycles. The highest BCUT2D eigenvalue weighted by molar-refractivity contribution is 6.31. The van der Waals surface area contributed by atoms with Crippen molar-refractivity contribution in [1.29, 1.82) is 0 Å². The lowest BCUT2D eigenvalue weighted by Gasteiger charge is -2.45. The van der Waals surface area contributed by atoms with Crippen LogP contribution < -0.4 is 33.9 Å². The molecule has 1 aliphatic rings. The van der Waals surface area contributed by atoms with Gasteiger partial charge in [-0.05, 0) is 61.1 Å². The Balaban J connectivity index is 0.00000576. The van der Waals surface area contributed by atoms with Crippen LogP contribution in [0.5, 0.6) is 5.75 Å². The van der Waals surface area contributed by atoms with Gasteiger partial charge in [0.05, 0.1) is 33.3 Å². The number of anilines is 2. The van der Waals surface area contributed by atoms with E-state index in [1.165, 1.54) is 5.56 Å². The Labute approximate surface area is 280 Å². The Morgan fingerprint density at radius 1 is 0.978 bits per heavy atom. The highest BCUT2D eigenvalue weighted by Crippen LogP contribution is 2.30. The second kappa shape index (κ2) is 17.1. The van der Waals surface area contributed by atoms with Crippen molar-refractivity contribution in [3.63, 3.8) is 0 Å². The highest BCUT2D eigenvalue weighted by atomic mass is 35.5. The normalized spacial score (nSPS) is 17.5. The summed E-state index contributed by atoms with van der Waals surface area (Å²) in [6, 6.07) is 15.5. The molecule has 1 aliphatic heterocycles. The number of aryl methyl sites for hydroxylation is 2. The maximum atomic E-state index is 13.3. The smallest absolute Gasteiger partial charge is 0.322 e. The molecule has 11 nitrogen and oxygen atoms in total. The number of aliphatic carboxylic acids is 1. The van der Waals surface area contributed by atoms with Gasteiger partial charge in [0.15, 0.2) is 22.6 Å². The van der Waals surface area contributed by atoms with Gasteiger partial charge in [-0.2, -0.15) is 0 Å². The lowest BCUT2D eigenvalue weighted by atomic mass is 9.89. The summed E-state index contributed by atoms with van der Waals surface area (Å²) in [4.78, 5) is 44.3. The Kier molecular flexibility index (Phi) is 13.6. The third-order valence-electron chi connectivity index (χ3n) is 8.50. The van der Waals surface area contributed by atoms with Crippen LogP contribution in [0.1, 0.15) is 64.1 Å². The van der Waals surface area contributed by atoms with E-state index in [1.54, 1.807) is 19.2 Å². The van der Waals surface area contributed by atoms with E-state index in [4.69, 9.17) is 32.9 Å². The minimum absolute atomic E-state index is 0. The number of Topliss-reactive ketones (excluding diaryl/α,β-unsaturated/α-hetero) is 1. The molecule has 1 fully saturated rings. The number of ketones is 1. The van der Waals surface area contributed by atoms with E-state index in [-0.39, 0.29) is 46.6 Å². The zero-order valence-corrected chi connectivity index (χ0v) is 27.5. The number of nitrogens with two attached hydrogens (primary N) is 2. The number of methoxy groups -OCH3 is 1. The number of aromatic nitrogens is 2. The molecule has 0 bridgehead atoms. The standard InChI is InChI=1S/C33H41ClN6O5.ClH/c1-45-26-14-10-23(11-15-26)6-3-17-40(16-2-5-22-8-12-25(13-9-22)33(44)37-20-28(42)43)18-4-7-24(21-40)19-27(41)29-31(35)39-32(36)30(34)38-29;/h8-15,24H,2-7,16-21H2,1H3,(H5-,35,36,37,39,41,42,43,44);1H. The number of carboxylic acids is 1. The summed E-state index contributed by atoms with van der Waals surface area (Å²) in [5.74, 6) is -0.639. The number of carbonyl (C=O) groups is 3. The quantitative estimate of drug-likeness (QED) is 0.137. The van der Waals surface area contributed by atoms with E-state index in [1.807, 2.05) is 24.3 Å². The number of benzene rings is 2. The first-order chi connectivity index (χ1) is 21.6. The number of carbonyl (C=O) groups excluding carboxylic acids is 2. The second-order valence-electron chi connectivity index (χ2n) is 11.8. The molecule has 46 heavy (non-hydrogen) atoms. The number of halogens is 2. The maximum Gasteiger partial charge on any atom is 0.322 e. The molecule has 2 atom stereocenters. The molecule has 1 saturated heterocycles. The number of carboxylic acid groups (broad SMARTS) is 1. The summed E-state index contributed by atoms with van der Waals surface area (Å²) < 4.78 is 6.22. The summed E-state index contributed by atoms with van der Waals surface area (Å²) in [6.07, 6.45) is 6.04. The Bertz CT molecular complexity index is 1490. The number of hydrogen-bond donors (Lipinski definition) is 4. The van der Waals surface area contributed by atoms with Crippen LogP contribution in [0, 0.1) is 5.92 Å². The lowest BCUT2D eigenvalue weighted by molar-refractivity contribution is -0.936. The van der Waals surface area contributed by atoms with Crippen LogP contribution in [-0.2, 0) is 17.6 Å². The van der Waals surface area contributed by atoms with Crippen LogP contribution >= 0.6 is 11.6 Å².